The highest BCUT2D eigenvalue weighted by molar-refractivity contribution is 6.01. The van der Waals surface area contributed by atoms with Gasteiger partial charge in [-0.2, -0.15) is 5.26 Å². The van der Waals surface area contributed by atoms with Gasteiger partial charge in [-0.15, -0.1) is 0 Å². The Hall–Kier alpha value is -3.07. The van der Waals surface area contributed by atoms with Crippen molar-refractivity contribution in [1.82, 2.24) is 5.32 Å². The quantitative estimate of drug-likeness (QED) is 0.679. The van der Waals surface area contributed by atoms with E-state index in [1.165, 1.54) is 37.6 Å². The topological polar surface area (TPSA) is 75.3 Å². The summed E-state index contributed by atoms with van der Waals surface area (Å²) in [5, 5.41) is 11.8. The lowest BCUT2D eigenvalue weighted by atomic mass is 10.1. The molecule has 1 amide bonds. The summed E-state index contributed by atoms with van der Waals surface area (Å²) in [4.78, 5) is 12.2. The fourth-order valence-corrected chi connectivity index (χ4v) is 2.06. The molecule has 0 fully saturated rings. The Balaban J connectivity index is 2.19. The van der Waals surface area contributed by atoms with E-state index in [1.54, 1.807) is 19.1 Å². The van der Waals surface area contributed by atoms with Crippen LogP contribution in [-0.2, 0) is 4.79 Å². The molecule has 0 spiro atoms. The van der Waals surface area contributed by atoms with Crippen molar-refractivity contribution in [2.45, 2.75) is 13.0 Å². The zero-order valence-corrected chi connectivity index (χ0v) is 12.7. The van der Waals surface area contributed by atoms with Crippen LogP contribution in [0.25, 0.3) is 6.08 Å². The number of nitriles is 1. The molecule has 1 heterocycles. The number of hydrogen-bond donors (Lipinski definition) is 1. The van der Waals surface area contributed by atoms with E-state index in [4.69, 9.17) is 14.4 Å². The van der Waals surface area contributed by atoms with Crippen molar-refractivity contribution in [2.24, 2.45) is 0 Å². The predicted molar refractivity (Wildman–Crippen MR) is 81.8 cm³/mol. The monoisotopic (exact) mass is 314 g/mol. The number of rotatable bonds is 5. The highest BCUT2D eigenvalue weighted by Gasteiger charge is 2.17. The second-order valence-corrected chi connectivity index (χ2v) is 4.77. The molecule has 6 heteroatoms. The first kappa shape index (κ1) is 16.3. The maximum atomic E-state index is 13.4. The number of amides is 1. The standard InChI is InChI=1S/C17H15FN2O3/c1-11(15-9-13(18)5-6-16(15)22-2)20-17(21)12(10-19)8-14-4-3-7-23-14/h3-9,11H,1-2H3,(H,20,21)/b12-8-. The third-order valence-electron chi connectivity index (χ3n) is 3.20. The smallest absolute Gasteiger partial charge is 0.262 e. The number of hydrogen-bond acceptors (Lipinski definition) is 4. The maximum Gasteiger partial charge on any atom is 0.262 e. The van der Waals surface area contributed by atoms with Gasteiger partial charge in [0.1, 0.15) is 29.0 Å². The van der Waals surface area contributed by atoms with Gasteiger partial charge in [-0.1, -0.05) is 0 Å². The summed E-state index contributed by atoms with van der Waals surface area (Å²) in [6.07, 6.45) is 2.78. The Morgan fingerprint density at radius 3 is 2.87 bits per heavy atom. The van der Waals surface area contributed by atoms with Gasteiger partial charge in [0.2, 0.25) is 0 Å². The molecule has 5 nitrogen and oxygen atoms in total. The summed E-state index contributed by atoms with van der Waals surface area (Å²) in [7, 11) is 1.46. The Kier molecular flexibility index (Phi) is 5.15. The second-order valence-electron chi connectivity index (χ2n) is 4.77. The van der Waals surface area contributed by atoms with Crippen molar-refractivity contribution in [1.29, 1.82) is 5.26 Å². The van der Waals surface area contributed by atoms with Crippen molar-refractivity contribution in [3.63, 3.8) is 0 Å². The molecule has 1 N–H and O–H groups in total. The van der Waals surface area contributed by atoms with Crippen LogP contribution in [0.1, 0.15) is 24.3 Å². The van der Waals surface area contributed by atoms with Gasteiger partial charge in [0.25, 0.3) is 5.91 Å². The number of furan rings is 1. The van der Waals surface area contributed by atoms with Crippen LogP contribution in [0.15, 0.2) is 46.6 Å². The zero-order valence-electron chi connectivity index (χ0n) is 12.7. The number of carbonyl (C=O) groups is 1. The average molecular weight is 314 g/mol. The van der Waals surface area contributed by atoms with Crippen molar-refractivity contribution < 1.29 is 18.3 Å². The van der Waals surface area contributed by atoms with Crippen LogP contribution in [0.5, 0.6) is 5.75 Å². The molecular weight excluding hydrogens is 299 g/mol. The van der Waals surface area contributed by atoms with Gasteiger partial charge in [0.15, 0.2) is 0 Å². The predicted octanol–water partition coefficient (Wildman–Crippen LogP) is 3.21. The summed E-state index contributed by atoms with van der Waals surface area (Å²) in [5.74, 6) is -0.170. The molecule has 0 bridgehead atoms. The summed E-state index contributed by atoms with van der Waals surface area (Å²) in [6.45, 7) is 1.68. The van der Waals surface area contributed by atoms with E-state index in [2.05, 4.69) is 5.32 Å². The van der Waals surface area contributed by atoms with E-state index in [1.807, 2.05) is 6.07 Å². The van der Waals surface area contributed by atoms with E-state index < -0.39 is 17.8 Å². The lowest BCUT2D eigenvalue weighted by Crippen LogP contribution is -2.28. The van der Waals surface area contributed by atoms with E-state index in [0.29, 0.717) is 17.1 Å². The molecule has 0 aliphatic carbocycles. The van der Waals surface area contributed by atoms with E-state index >= 15 is 0 Å². The molecule has 1 aromatic carbocycles. The lowest BCUT2D eigenvalue weighted by Gasteiger charge is -2.17. The molecule has 1 atom stereocenters. The van der Waals surface area contributed by atoms with Crippen molar-refractivity contribution >= 4 is 12.0 Å². The number of carbonyl (C=O) groups excluding carboxylic acids is 1. The van der Waals surface area contributed by atoms with Crippen LogP contribution in [0.3, 0.4) is 0 Å². The normalized spacial score (nSPS) is 12.3. The molecule has 2 aromatic rings. The number of nitrogens with zero attached hydrogens (tertiary/aromatic N) is 1. The van der Waals surface area contributed by atoms with Gasteiger partial charge in [0.05, 0.1) is 19.4 Å². The largest absolute Gasteiger partial charge is 0.496 e. The third kappa shape index (κ3) is 3.98. The first-order valence-electron chi connectivity index (χ1n) is 6.84. The molecular formula is C17H15FN2O3. The number of nitrogens with one attached hydrogen (secondary N) is 1. The Labute approximate surface area is 133 Å². The molecule has 0 saturated carbocycles. The Bertz CT molecular complexity index is 761. The van der Waals surface area contributed by atoms with Gasteiger partial charge in [-0.3, -0.25) is 4.79 Å². The second kappa shape index (κ2) is 7.27. The minimum Gasteiger partial charge on any atom is -0.496 e. The fourth-order valence-electron chi connectivity index (χ4n) is 2.06. The number of halogens is 1. The minimum atomic E-state index is -0.581. The SMILES string of the molecule is COc1ccc(F)cc1C(C)NC(=O)/C(C#N)=C\c1ccco1. The van der Waals surface area contributed by atoms with Crippen LogP contribution in [0, 0.1) is 17.1 Å². The zero-order chi connectivity index (χ0) is 16.8. The van der Waals surface area contributed by atoms with E-state index in [0.717, 1.165) is 0 Å². The molecule has 1 unspecified atom stereocenters. The van der Waals surface area contributed by atoms with Gasteiger partial charge in [0, 0.05) is 11.6 Å². The number of ether oxygens (including phenoxy) is 1. The molecule has 2 rings (SSSR count). The summed E-state index contributed by atoms with van der Waals surface area (Å²) < 4.78 is 23.7. The molecule has 0 aliphatic heterocycles. The third-order valence-corrected chi connectivity index (χ3v) is 3.20. The van der Waals surface area contributed by atoms with Crippen LogP contribution in [0.2, 0.25) is 0 Å². The summed E-state index contributed by atoms with van der Waals surface area (Å²) in [6, 6.07) is 8.60. The molecule has 23 heavy (non-hydrogen) atoms. The average Bonchev–Trinajstić information content (AvgIpc) is 3.05. The number of benzene rings is 1. The minimum absolute atomic E-state index is 0.109. The first-order valence-corrected chi connectivity index (χ1v) is 6.84. The van der Waals surface area contributed by atoms with Gasteiger partial charge >= 0.3 is 0 Å². The molecule has 0 saturated heterocycles. The van der Waals surface area contributed by atoms with E-state index in [9.17, 15) is 9.18 Å². The summed E-state index contributed by atoms with van der Waals surface area (Å²) >= 11 is 0. The van der Waals surface area contributed by atoms with Crippen LogP contribution < -0.4 is 10.1 Å². The van der Waals surface area contributed by atoms with Gasteiger partial charge in [-0.25, -0.2) is 4.39 Å². The Morgan fingerprint density at radius 2 is 2.26 bits per heavy atom. The lowest BCUT2D eigenvalue weighted by molar-refractivity contribution is -0.117. The first-order chi connectivity index (χ1) is 11.0. The fraction of sp³-hybridized carbons (Fsp3) is 0.176. The van der Waals surface area contributed by atoms with E-state index in [-0.39, 0.29) is 5.57 Å². The van der Waals surface area contributed by atoms with Crippen LogP contribution in [0.4, 0.5) is 4.39 Å². The van der Waals surface area contributed by atoms with Crippen molar-refractivity contribution in [3.05, 3.63) is 59.3 Å². The van der Waals surface area contributed by atoms with Crippen LogP contribution >= 0.6 is 0 Å². The maximum absolute atomic E-state index is 13.4. The van der Waals surface area contributed by atoms with Crippen molar-refractivity contribution in [3.8, 4) is 11.8 Å². The number of methoxy groups -OCH3 is 1. The molecule has 0 aliphatic rings. The highest BCUT2D eigenvalue weighted by atomic mass is 19.1. The molecule has 0 radical (unpaired) electrons. The van der Waals surface area contributed by atoms with Crippen LogP contribution in [-0.4, -0.2) is 13.0 Å². The molecule has 118 valence electrons. The summed E-state index contributed by atoms with van der Waals surface area (Å²) in [5.41, 5.74) is 0.373. The van der Waals surface area contributed by atoms with Gasteiger partial charge in [-0.05, 0) is 37.3 Å². The van der Waals surface area contributed by atoms with Crippen molar-refractivity contribution in [2.75, 3.05) is 7.11 Å². The van der Waals surface area contributed by atoms with Gasteiger partial charge < -0.3 is 14.5 Å². The highest BCUT2D eigenvalue weighted by Crippen LogP contribution is 2.26. The molecule has 1 aromatic heterocycles. The Morgan fingerprint density at radius 1 is 1.48 bits per heavy atom.